The van der Waals surface area contributed by atoms with Gasteiger partial charge in [-0.3, -0.25) is 4.79 Å². The van der Waals surface area contributed by atoms with Gasteiger partial charge in [0.1, 0.15) is 5.76 Å². The van der Waals surface area contributed by atoms with Crippen molar-refractivity contribution in [2.24, 2.45) is 11.8 Å². The molecule has 1 spiro atoms. The summed E-state index contributed by atoms with van der Waals surface area (Å²) in [5, 5.41) is 3.98. The average molecular weight is 405 g/mol. The molecule has 3 heterocycles. The monoisotopic (exact) mass is 404 g/mol. The predicted molar refractivity (Wildman–Crippen MR) is 110 cm³/mol. The van der Waals surface area contributed by atoms with Crippen molar-refractivity contribution in [3.05, 3.63) is 17.0 Å². The highest BCUT2D eigenvalue weighted by atomic mass is 16.5. The van der Waals surface area contributed by atoms with Crippen LogP contribution < -0.4 is 0 Å². The lowest BCUT2D eigenvalue weighted by Gasteiger charge is -2.46. The molecule has 1 atom stereocenters. The number of aryl methyl sites for hydroxylation is 2. The molecule has 0 bridgehead atoms. The number of aromatic nitrogens is 1. The Morgan fingerprint density at radius 3 is 2.69 bits per heavy atom. The molecule has 29 heavy (non-hydrogen) atoms. The van der Waals surface area contributed by atoms with Gasteiger partial charge in [-0.2, -0.15) is 0 Å². The minimum Gasteiger partial charge on any atom is -0.381 e. The number of hydrogen-bond donors (Lipinski definition) is 0. The third-order valence-electron chi connectivity index (χ3n) is 7.11. The van der Waals surface area contributed by atoms with E-state index in [1.54, 1.807) is 0 Å². The predicted octanol–water partition coefficient (Wildman–Crippen LogP) is 3.83. The fourth-order valence-corrected chi connectivity index (χ4v) is 4.92. The Balaban J connectivity index is 1.19. The number of carbonyl (C=O) groups excluding carboxylic acids is 1. The minimum atomic E-state index is -0.0160. The molecule has 1 unspecified atom stereocenters. The van der Waals surface area contributed by atoms with Gasteiger partial charge in [0.15, 0.2) is 0 Å². The molecule has 0 aromatic carbocycles. The van der Waals surface area contributed by atoms with Crippen LogP contribution in [0, 0.1) is 25.7 Å². The van der Waals surface area contributed by atoms with Crippen molar-refractivity contribution in [2.75, 3.05) is 32.9 Å². The molecule has 1 aromatic rings. The SMILES string of the molecule is Cc1noc(C)c1CCC(=O)N1CCC2(CC1)CC(CCOCC1CC1)CCO2. The van der Waals surface area contributed by atoms with Crippen molar-refractivity contribution in [2.45, 2.75) is 77.2 Å². The molecular formula is C23H36N2O4. The van der Waals surface area contributed by atoms with Crippen LogP contribution in [0.5, 0.6) is 0 Å². The number of amides is 1. The lowest BCUT2D eigenvalue weighted by atomic mass is 9.78. The van der Waals surface area contributed by atoms with E-state index in [9.17, 15) is 4.79 Å². The maximum Gasteiger partial charge on any atom is 0.222 e. The second kappa shape index (κ2) is 9.17. The molecule has 0 N–H and O–H groups in total. The number of nitrogens with zero attached hydrogens (tertiary/aromatic N) is 2. The van der Waals surface area contributed by atoms with Crippen molar-refractivity contribution in [3.8, 4) is 0 Å². The average Bonchev–Trinajstić information content (AvgIpc) is 3.49. The number of ether oxygens (including phenoxy) is 2. The number of hydrogen-bond acceptors (Lipinski definition) is 5. The first kappa shape index (κ1) is 20.9. The fourth-order valence-electron chi connectivity index (χ4n) is 4.92. The van der Waals surface area contributed by atoms with Crippen LogP contribution in [0.3, 0.4) is 0 Å². The zero-order chi connectivity index (χ0) is 20.3. The maximum atomic E-state index is 12.7. The zero-order valence-electron chi connectivity index (χ0n) is 18.1. The van der Waals surface area contributed by atoms with Crippen molar-refractivity contribution in [1.82, 2.24) is 10.1 Å². The summed E-state index contributed by atoms with van der Waals surface area (Å²) in [7, 11) is 0. The molecule has 6 nitrogen and oxygen atoms in total. The van der Waals surface area contributed by atoms with Gasteiger partial charge in [0.25, 0.3) is 0 Å². The van der Waals surface area contributed by atoms with Gasteiger partial charge in [-0.25, -0.2) is 0 Å². The van der Waals surface area contributed by atoms with Crippen LogP contribution in [0.15, 0.2) is 4.52 Å². The molecule has 1 saturated carbocycles. The van der Waals surface area contributed by atoms with E-state index in [-0.39, 0.29) is 11.5 Å². The quantitative estimate of drug-likeness (QED) is 0.616. The Morgan fingerprint density at radius 1 is 1.21 bits per heavy atom. The van der Waals surface area contributed by atoms with Crippen LogP contribution in [0.2, 0.25) is 0 Å². The molecular weight excluding hydrogens is 368 g/mol. The summed E-state index contributed by atoms with van der Waals surface area (Å²) in [6, 6.07) is 0. The topological polar surface area (TPSA) is 64.8 Å². The summed E-state index contributed by atoms with van der Waals surface area (Å²) in [5.41, 5.74) is 1.96. The van der Waals surface area contributed by atoms with E-state index in [1.807, 2.05) is 18.7 Å². The van der Waals surface area contributed by atoms with Crippen molar-refractivity contribution in [1.29, 1.82) is 0 Å². The standard InChI is InChI=1S/C23H36N2O4/c1-17-21(18(2)29-24-17)5-6-22(26)25-11-9-23(10-12-25)15-19(8-14-28-23)7-13-27-16-20-3-4-20/h19-20H,3-16H2,1-2H3. The van der Waals surface area contributed by atoms with E-state index in [0.717, 1.165) is 87.9 Å². The van der Waals surface area contributed by atoms with Gasteiger partial charge in [-0.15, -0.1) is 0 Å². The second-order valence-corrected chi connectivity index (χ2v) is 9.38. The van der Waals surface area contributed by atoms with Crippen LogP contribution >= 0.6 is 0 Å². The normalized spacial score (nSPS) is 24.2. The van der Waals surface area contributed by atoms with Gasteiger partial charge >= 0.3 is 0 Å². The minimum absolute atomic E-state index is 0.0160. The number of piperidine rings is 1. The highest BCUT2D eigenvalue weighted by Crippen LogP contribution is 2.39. The maximum absolute atomic E-state index is 12.7. The Kier molecular flexibility index (Phi) is 6.60. The first-order chi connectivity index (χ1) is 14.0. The Morgan fingerprint density at radius 2 is 2.00 bits per heavy atom. The largest absolute Gasteiger partial charge is 0.381 e. The summed E-state index contributed by atoms with van der Waals surface area (Å²) < 4.78 is 17.3. The third-order valence-corrected chi connectivity index (χ3v) is 7.11. The van der Waals surface area contributed by atoms with Crippen LogP contribution in [0.25, 0.3) is 0 Å². The van der Waals surface area contributed by atoms with Crippen molar-refractivity contribution < 1.29 is 18.8 Å². The van der Waals surface area contributed by atoms with Crippen LogP contribution in [-0.2, 0) is 20.7 Å². The van der Waals surface area contributed by atoms with E-state index in [4.69, 9.17) is 14.0 Å². The third kappa shape index (κ3) is 5.40. The summed E-state index contributed by atoms with van der Waals surface area (Å²) >= 11 is 0. The first-order valence-corrected chi connectivity index (χ1v) is 11.5. The summed E-state index contributed by atoms with van der Waals surface area (Å²) in [4.78, 5) is 14.7. The molecule has 2 aliphatic heterocycles. The Hall–Kier alpha value is -1.40. The van der Waals surface area contributed by atoms with Gasteiger partial charge in [-0.1, -0.05) is 5.16 Å². The van der Waals surface area contributed by atoms with Crippen LogP contribution in [-0.4, -0.2) is 54.5 Å². The van der Waals surface area contributed by atoms with Crippen LogP contribution in [0.1, 0.15) is 68.4 Å². The van der Waals surface area contributed by atoms with E-state index in [2.05, 4.69) is 5.16 Å². The highest BCUT2D eigenvalue weighted by molar-refractivity contribution is 5.76. The summed E-state index contributed by atoms with van der Waals surface area (Å²) in [6.45, 7) is 8.18. The molecule has 1 aliphatic carbocycles. The summed E-state index contributed by atoms with van der Waals surface area (Å²) in [6.07, 6.45) is 9.29. The number of rotatable bonds is 8. The fraction of sp³-hybridized carbons (Fsp3) is 0.826. The molecule has 162 valence electrons. The second-order valence-electron chi connectivity index (χ2n) is 9.38. The van der Waals surface area contributed by atoms with Gasteiger partial charge in [-0.05, 0) is 77.0 Å². The molecule has 3 fully saturated rings. The molecule has 0 radical (unpaired) electrons. The molecule has 1 aromatic heterocycles. The number of likely N-dealkylation sites (tertiary alicyclic amines) is 1. The van der Waals surface area contributed by atoms with Gasteiger partial charge < -0.3 is 18.9 Å². The Bertz CT molecular complexity index is 670. The van der Waals surface area contributed by atoms with Gasteiger partial charge in [0.2, 0.25) is 5.91 Å². The molecule has 4 rings (SSSR count). The smallest absolute Gasteiger partial charge is 0.222 e. The summed E-state index contributed by atoms with van der Waals surface area (Å²) in [5.74, 6) is 2.61. The molecule has 6 heteroatoms. The lowest BCUT2D eigenvalue weighted by Crippen LogP contribution is -2.50. The van der Waals surface area contributed by atoms with E-state index in [1.165, 1.54) is 12.8 Å². The first-order valence-electron chi connectivity index (χ1n) is 11.5. The Labute approximate surface area is 174 Å². The van der Waals surface area contributed by atoms with Gasteiger partial charge in [0, 0.05) is 44.9 Å². The number of carbonyl (C=O) groups is 1. The van der Waals surface area contributed by atoms with E-state index in [0.29, 0.717) is 18.8 Å². The van der Waals surface area contributed by atoms with E-state index < -0.39 is 0 Å². The molecule has 2 saturated heterocycles. The van der Waals surface area contributed by atoms with Crippen LogP contribution in [0.4, 0.5) is 0 Å². The lowest BCUT2D eigenvalue weighted by molar-refractivity contribution is -0.148. The molecule has 1 amide bonds. The highest BCUT2D eigenvalue weighted by Gasteiger charge is 2.41. The molecule has 3 aliphatic rings. The van der Waals surface area contributed by atoms with Crippen molar-refractivity contribution in [3.63, 3.8) is 0 Å². The zero-order valence-corrected chi connectivity index (χ0v) is 18.1. The van der Waals surface area contributed by atoms with E-state index >= 15 is 0 Å². The van der Waals surface area contributed by atoms with Gasteiger partial charge in [0.05, 0.1) is 11.3 Å². The van der Waals surface area contributed by atoms with Crippen molar-refractivity contribution >= 4 is 5.91 Å².